The van der Waals surface area contributed by atoms with Gasteiger partial charge in [0.1, 0.15) is 0 Å². The fourth-order valence-electron chi connectivity index (χ4n) is 3.69. The first-order chi connectivity index (χ1) is 15.2. The molecule has 4 rings (SSSR count). The van der Waals surface area contributed by atoms with Gasteiger partial charge in [-0.25, -0.2) is 0 Å². The predicted octanol–water partition coefficient (Wildman–Crippen LogP) is 7.18. The summed E-state index contributed by atoms with van der Waals surface area (Å²) in [6.07, 6.45) is 4.34. The highest BCUT2D eigenvalue weighted by molar-refractivity contribution is 7.85. The number of rotatable bonds is 10. The Kier molecular flexibility index (Phi) is 8.56. The van der Waals surface area contributed by atoms with Crippen LogP contribution in [0.25, 0.3) is 0 Å². The fraction of sp³-hybridized carbons (Fsp3) is 0.333. The van der Waals surface area contributed by atoms with Crippen molar-refractivity contribution >= 4 is 82.7 Å². The third-order valence-electron chi connectivity index (χ3n) is 5.26. The van der Waals surface area contributed by atoms with E-state index >= 15 is 0 Å². The maximum atomic E-state index is 5.84. The molecule has 4 aromatic heterocycles. The highest BCUT2D eigenvalue weighted by Crippen LogP contribution is 2.49. The summed E-state index contributed by atoms with van der Waals surface area (Å²) in [5.41, 5.74) is 0. The lowest BCUT2D eigenvalue weighted by molar-refractivity contribution is 1.19. The Balaban J connectivity index is 1.85. The number of hydrogen-bond donors (Lipinski definition) is 0. The molecule has 0 saturated heterocycles. The van der Waals surface area contributed by atoms with Crippen LogP contribution >= 0.6 is 61.5 Å². The first-order valence-corrected chi connectivity index (χ1v) is 16.9. The summed E-state index contributed by atoms with van der Waals surface area (Å²) >= 11 is 7.59. The molecular weight excluding hydrogens is 492 g/mol. The van der Waals surface area contributed by atoms with Crippen LogP contribution < -0.4 is 26.1 Å². The molecule has 0 N–H and O–H groups in total. The predicted molar refractivity (Wildman–Crippen MR) is 149 cm³/mol. The minimum atomic E-state index is -0.730. The second-order valence-corrected chi connectivity index (χ2v) is 14.9. The van der Waals surface area contributed by atoms with Crippen molar-refractivity contribution in [3.8, 4) is 0 Å². The van der Waals surface area contributed by atoms with Crippen molar-refractivity contribution in [2.45, 2.75) is 53.4 Å². The van der Waals surface area contributed by atoms with Gasteiger partial charge in [0, 0.05) is 40.7 Å². The minimum absolute atomic E-state index is 0.730. The topological polar surface area (TPSA) is 14.1 Å². The van der Waals surface area contributed by atoms with Gasteiger partial charge in [0.25, 0.3) is 0 Å². The molecule has 1 radical (unpaired) electrons. The summed E-state index contributed by atoms with van der Waals surface area (Å²) in [4.78, 5) is 11.8. The average molecular weight is 521 g/mol. The van der Waals surface area contributed by atoms with Gasteiger partial charge in [-0.1, -0.05) is 27.7 Å². The number of thiophene rings is 4. The second kappa shape index (κ2) is 11.2. The summed E-state index contributed by atoms with van der Waals surface area (Å²) in [5.74, 6) is 0. The Morgan fingerprint density at radius 3 is 1.00 bits per heavy atom. The number of nitrogens with zero attached hydrogens (tertiary/aromatic N) is 1. The van der Waals surface area contributed by atoms with Crippen molar-refractivity contribution in [2.75, 3.05) is 0 Å². The largest absolute Gasteiger partial charge is 0.172 e. The molecule has 0 aliphatic rings. The molecule has 0 bridgehead atoms. The average Bonchev–Trinajstić information content (AvgIpc) is 3.60. The summed E-state index contributed by atoms with van der Waals surface area (Å²) in [7, 11) is -1.46. The zero-order chi connectivity index (χ0) is 21.8. The van der Waals surface area contributed by atoms with Crippen LogP contribution in [-0.4, -0.2) is 0 Å². The SMILES string of the molecule is CCc1sccc1P([N]P(c1ccsc1CC)c1ccsc1CC)c1ccsc1CC. The first kappa shape index (κ1) is 23.8. The maximum Gasteiger partial charge on any atom is 0.0519 e. The van der Waals surface area contributed by atoms with Crippen LogP contribution in [0.15, 0.2) is 45.8 Å². The molecule has 0 amide bonds. The van der Waals surface area contributed by atoms with Crippen LogP contribution in [0.2, 0.25) is 0 Å². The van der Waals surface area contributed by atoms with Gasteiger partial charge in [0.15, 0.2) is 0 Å². The zero-order valence-electron chi connectivity index (χ0n) is 18.4. The van der Waals surface area contributed by atoms with Crippen molar-refractivity contribution in [2.24, 2.45) is 0 Å². The van der Waals surface area contributed by atoms with E-state index in [1.54, 1.807) is 0 Å². The highest BCUT2D eigenvalue weighted by atomic mass is 32.1. The smallest absolute Gasteiger partial charge is 0.0519 e. The van der Waals surface area contributed by atoms with E-state index in [1.807, 2.05) is 45.3 Å². The van der Waals surface area contributed by atoms with Gasteiger partial charge in [-0.05, 0) is 71.5 Å². The van der Waals surface area contributed by atoms with Gasteiger partial charge in [-0.15, -0.1) is 45.3 Å². The van der Waals surface area contributed by atoms with E-state index in [1.165, 1.54) is 40.7 Å². The molecule has 4 aromatic rings. The number of aryl methyl sites for hydroxylation is 4. The molecule has 0 aliphatic heterocycles. The molecule has 4 heterocycles. The first-order valence-electron chi connectivity index (χ1n) is 10.8. The Morgan fingerprint density at radius 1 is 0.516 bits per heavy atom. The normalized spacial score (nSPS) is 11.8. The van der Waals surface area contributed by atoms with Crippen LogP contribution in [-0.2, 0) is 25.7 Å². The van der Waals surface area contributed by atoms with Crippen molar-refractivity contribution in [3.63, 3.8) is 0 Å². The summed E-state index contributed by atoms with van der Waals surface area (Å²) in [6.45, 7) is 9.12. The molecule has 7 heteroatoms. The van der Waals surface area contributed by atoms with E-state index in [2.05, 4.69) is 73.5 Å². The third-order valence-corrected chi connectivity index (χ3v) is 15.1. The second-order valence-electron chi connectivity index (χ2n) is 7.04. The molecule has 0 unspecified atom stereocenters. The fourth-order valence-corrected chi connectivity index (χ4v) is 13.9. The van der Waals surface area contributed by atoms with Gasteiger partial charge in [0.05, 0.1) is 16.1 Å². The minimum Gasteiger partial charge on any atom is -0.172 e. The van der Waals surface area contributed by atoms with Crippen LogP contribution in [0, 0.1) is 0 Å². The molecule has 0 aromatic carbocycles. The van der Waals surface area contributed by atoms with Crippen LogP contribution in [0.3, 0.4) is 0 Å². The molecule has 0 atom stereocenters. The number of hydrogen-bond acceptors (Lipinski definition) is 4. The molecular formula is C24H28NP2S4. The van der Waals surface area contributed by atoms with E-state index in [0.717, 1.165) is 25.7 Å². The molecule has 31 heavy (non-hydrogen) atoms. The standard InChI is InChI=1S/C24H28NP2S4/c1-5-21-17(9-13-28-21)26(18-10-14-29-22(18)6-2)25-27(19-11-15-30-23(19)7-3)20-12-16-31-24(20)8-4/h9-16H,5-8H2,1-4H3. The van der Waals surface area contributed by atoms with Crippen LogP contribution in [0.4, 0.5) is 0 Å². The summed E-state index contributed by atoms with van der Waals surface area (Å²) in [5, 5.41) is 15.0. The molecule has 1 nitrogen and oxygen atoms in total. The molecule has 0 saturated carbocycles. The monoisotopic (exact) mass is 520 g/mol. The quantitative estimate of drug-likeness (QED) is 0.197. The van der Waals surface area contributed by atoms with E-state index in [0.29, 0.717) is 0 Å². The highest BCUT2D eigenvalue weighted by Gasteiger charge is 2.30. The van der Waals surface area contributed by atoms with Crippen molar-refractivity contribution < 1.29 is 0 Å². The lowest BCUT2D eigenvalue weighted by Gasteiger charge is -2.26. The van der Waals surface area contributed by atoms with Crippen LogP contribution in [0.1, 0.15) is 47.2 Å². The van der Waals surface area contributed by atoms with Crippen LogP contribution in [0.5, 0.6) is 0 Å². The van der Waals surface area contributed by atoms with Crippen molar-refractivity contribution in [1.82, 2.24) is 4.86 Å². The molecule has 163 valence electrons. The van der Waals surface area contributed by atoms with Gasteiger partial charge < -0.3 is 0 Å². The van der Waals surface area contributed by atoms with Gasteiger partial charge in [0.2, 0.25) is 0 Å². The van der Waals surface area contributed by atoms with E-state index < -0.39 is 16.1 Å². The molecule has 0 spiro atoms. The Labute approximate surface area is 205 Å². The molecule has 0 aliphatic carbocycles. The third kappa shape index (κ3) is 4.94. The molecule has 0 fully saturated rings. The summed E-state index contributed by atoms with van der Waals surface area (Å²) in [6, 6.07) is 9.41. The summed E-state index contributed by atoms with van der Waals surface area (Å²) < 4.78 is 0. The van der Waals surface area contributed by atoms with E-state index in [9.17, 15) is 0 Å². The van der Waals surface area contributed by atoms with E-state index in [4.69, 9.17) is 4.86 Å². The lowest BCUT2D eigenvalue weighted by atomic mass is 10.4. The maximum absolute atomic E-state index is 5.84. The van der Waals surface area contributed by atoms with Gasteiger partial charge in [-0.3, -0.25) is 0 Å². The van der Waals surface area contributed by atoms with Gasteiger partial charge >= 0.3 is 0 Å². The Hall–Kier alpha value is -0.380. The Bertz CT molecular complexity index is 935. The van der Waals surface area contributed by atoms with Gasteiger partial charge in [-0.2, -0.15) is 4.86 Å². The van der Waals surface area contributed by atoms with Crippen molar-refractivity contribution in [3.05, 3.63) is 65.3 Å². The lowest BCUT2D eigenvalue weighted by Crippen LogP contribution is -2.25. The van der Waals surface area contributed by atoms with Crippen molar-refractivity contribution in [1.29, 1.82) is 0 Å². The Morgan fingerprint density at radius 2 is 0.774 bits per heavy atom. The van der Waals surface area contributed by atoms with E-state index in [-0.39, 0.29) is 0 Å². The zero-order valence-corrected chi connectivity index (χ0v) is 23.5.